The van der Waals surface area contributed by atoms with Crippen molar-refractivity contribution in [2.45, 2.75) is 13.3 Å². The van der Waals surface area contributed by atoms with Crippen LogP contribution in [-0.2, 0) is 0 Å². The zero-order valence-electron chi connectivity index (χ0n) is 10.7. The summed E-state index contributed by atoms with van der Waals surface area (Å²) in [7, 11) is 3.92. The van der Waals surface area contributed by atoms with E-state index in [1.165, 1.54) is 0 Å². The second-order valence-corrected chi connectivity index (χ2v) is 4.06. The molecule has 0 aliphatic heterocycles. The Labute approximate surface area is 103 Å². The lowest BCUT2D eigenvalue weighted by atomic mass is 10.2. The molecule has 0 aromatic heterocycles. The molecule has 3 nitrogen and oxygen atoms in total. The zero-order valence-corrected chi connectivity index (χ0v) is 10.7. The van der Waals surface area contributed by atoms with Crippen molar-refractivity contribution in [2.75, 3.05) is 25.5 Å². The molecule has 0 radical (unpaired) electrons. The lowest BCUT2D eigenvalue weighted by Crippen LogP contribution is -2.24. The van der Waals surface area contributed by atoms with E-state index in [1.807, 2.05) is 62.3 Å². The Morgan fingerprint density at radius 3 is 2.82 bits per heavy atom. The normalized spacial score (nSPS) is 10.5. The SMILES string of the molecule is C/C=C/CCNC(=O)c1cccc(N(C)C)c1. The van der Waals surface area contributed by atoms with Crippen LogP contribution in [0.4, 0.5) is 5.69 Å². The van der Waals surface area contributed by atoms with Crippen molar-refractivity contribution in [1.82, 2.24) is 5.32 Å². The first-order valence-electron chi connectivity index (χ1n) is 5.82. The van der Waals surface area contributed by atoms with Gasteiger partial charge in [0.25, 0.3) is 5.91 Å². The number of nitrogens with one attached hydrogen (secondary N) is 1. The highest BCUT2D eigenvalue weighted by molar-refractivity contribution is 5.95. The van der Waals surface area contributed by atoms with Crippen LogP contribution < -0.4 is 10.2 Å². The second kappa shape index (κ2) is 6.74. The molecule has 0 fully saturated rings. The zero-order chi connectivity index (χ0) is 12.7. The molecule has 1 aromatic rings. The van der Waals surface area contributed by atoms with Crippen LogP contribution in [0.15, 0.2) is 36.4 Å². The highest BCUT2D eigenvalue weighted by Gasteiger charge is 2.05. The number of carbonyl (C=O) groups is 1. The molecule has 1 amide bonds. The summed E-state index contributed by atoms with van der Waals surface area (Å²) >= 11 is 0. The predicted octanol–water partition coefficient (Wildman–Crippen LogP) is 2.45. The summed E-state index contributed by atoms with van der Waals surface area (Å²) in [6.45, 7) is 2.65. The van der Waals surface area contributed by atoms with Gasteiger partial charge < -0.3 is 10.2 Å². The minimum absolute atomic E-state index is 0.0156. The van der Waals surface area contributed by atoms with Gasteiger partial charge in [0.1, 0.15) is 0 Å². The minimum atomic E-state index is -0.0156. The molecule has 0 aliphatic rings. The van der Waals surface area contributed by atoms with Crippen LogP contribution in [0, 0.1) is 0 Å². The third kappa shape index (κ3) is 4.31. The van der Waals surface area contributed by atoms with Crippen molar-refractivity contribution in [1.29, 1.82) is 0 Å². The van der Waals surface area contributed by atoms with Gasteiger partial charge in [0.15, 0.2) is 0 Å². The monoisotopic (exact) mass is 232 g/mol. The lowest BCUT2D eigenvalue weighted by molar-refractivity contribution is 0.0954. The molecule has 0 aliphatic carbocycles. The molecule has 3 heteroatoms. The van der Waals surface area contributed by atoms with Gasteiger partial charge in [-0.25, -0.2) is 0 Å². The minimum Gasteiger partial charge on any atom is -0.378 e. The van der Waals surface area contributed by atoms with E-state index in [0.717, 1.165) is 12.1 Å². The van der Waals surface area contributed by atoms with Crippen LogP contribution >= 0.6 is 0 Å². The largest absolute Gasteiger partial charge is 0.378 e. The molecule has 0 heterocycles. The number of hydrogen-bond donors (Lipinski definition) is 1. The van der Waals surface area contributed by atoms with Crippen LogP contribution in [0.2, 0.25) is 0 Å². The number of carbonyl (C=O) groups excluding carboxylic acids is 1. The Balaban J connectivity index is 2.59. The van der Waals surface area contributed by atoms with Crippen LogP contribution in [0.5, 0.6) is 0 Å². The van der Waals surface area contributed by atoms with E-state index in [2.05, 4.69) is 5.32 Å². The Kier molecular flexibility index (Phi) is 5.27. The van der Waals surface area contributed by atoms with Gasteiger partial charge in [0, 0.05) is 31.9 Å². The highest BCUT2D eigenvalue weighted by Crippen LogP contribution is 2.13. The number of amides is 1. The number of rotatable bonds is 5. The summed E-state index contributed by atoms with van der Waals surface area (Å²) in [4.78, 5) is 13.8. The average molecular weight is 232 g/mol. The molecule has 0 spiro atoms. The van der Waals surface area contributed by atoms with Crippen molar-refractivity contribution in [3.05, 3.63) is 42.0 Å². The maximum Gasteiger partial charge on any atom is 0.251 e. The summed E-state index contributed by atoms with van der Waals surface area (Å²) in [5, 5.41) is 2.89. The number of anilines is 1. The van der Waals surface area contributed by atoms with E-state index in [-0.39, 0.29) is 5.91 Å². The summed E-state index contributed by atoms with van der Waals surface area (Å²) in [6, 6.07) is 7.61. The summed E-state index contributed by atoms with van der Waals surface area (Å²) in [6.07, 6.45) is 4.89. The Hall–Kier alpha value is -1.77. The molecule has 92 valence electrons. The van der Waals surface area contributed by atoms with Gasteiger partial charge in [-0.15, -0.1) is 0 Å². The standard InChI is InChI=1S/C14H20N2O/c1-4-5-6-10-15-14(17)12-8-7-9-13(11-12)16(2)3/h4-5,7-9,11H,6,10H2,1-3H3,(H,15,17)/b5-4+. The van der Waals surface area contributed by atoms with E-state index in [4.69, 9.17) is 0 Å². The van der Waals surface area contributed by atoms with Gasteiger partial charge in [-0.1, -0.05) is 18.2 Å². The molecule has 1 aromatic carbocycles. The third-order valence-corrected chi connectivity index (χ3v) is 2.46. The molecular formula is C14H20N2O. The lowest BCUT2D eigenvalue weighted by Gasteiger charge is -2.13. The van der Waals surface area contributed by atoms with Gasteiger partial charge in [-0.2, -0.15) is 0 Å². The van der Waals surface area contributed by atoms with E-state index in [0.29, 0.717) is 12.1 Å². The van der Waals surface area contributed by atoms with Crippen molar-refractivity contribution < 1.29 is 4.79 Å². The number of benzene rings is 1. The van der Waals surface area contributed by atoms with Crippen LogP contribution in [-0.4, -0.2) is 26.5 Å². The van der Waals surface area contributed by atoms with Crippen molar-refractivity contribution in [3.63, 3.8) is 0 Å². The first-order chi connectivity index (χ1) is 8.15. The maximum atomic E-state index is 11.8. The summed E-state index contributed by atoms with van der Waals surface area (Å²) in [5.74, 6) is -0.0156. The van der Waals surface area contributed by atoms with Crippen molar-refractivity contribution >= 4 is 11.6 Å². The van der Waals surface area contributed by atoms with E-state index in [9.17, 15) is 4.79 Å². The molecule has 0 saturated heterocycles. The molecule has 1 N–H and O–H groups in total. The molecule has 0 unspecified atom stereocenters. The van der Waals surface area contributed by atoms with E-state index >= 15 is 0 Å². The Morgan fingerprint density at radius 1 is 1.41 bits per heavy atom. The van der Waals surface area contributed by atoms with Crippen molar-refractivity contribution in [3.8, 4) is 0 Å². The first kappa shape index (κ1) is 13.3. The van der Waals surface area contributed by atoms with Crippen LogP contribution in [0.1, 0.15) is 23.7 Å². The third-order valence-electron chi connectivity index (χ3n) is 2.46. The molecule has 1 rings (SSSR count). The quantitative estimate of drug-likeness (QED) is 0.624. The van der Waals surface area contributed by atoms with Crippen LogP contribution in [0.25, 0.3) is 0 Å². The maximum absolute atomic E-state index is 11.8. The van der Waals surface area contributed by atoms with Crippen molar-refractivity contribution in [2.24, 2.45) is 0 Å². The fourth-order valence-electron chi connectivity index (χ4n) is 1.46. The highest BCUT2D eigenvalue weighted by atomic mass is 16.1. The summed E-state index contributed by atoms with van der Waals surface area (Å²) < 4.78 is 0. The molecule has 0 atom stereocenters. The topological polar surface area (TPSA) is 32.3 Å². The molecule has 0 bridgehead atoms. The molecule has 0 saturated carbocycles. The Morgan fingerprint density at radius 2 is 2.18 bits per heavy atom. The first-order valence-corrected chi connectivity index (χ1v) is 5.82. The number of allylic oxidation sites excluding steroid dienone is 1. The smallest absolute Gasteiger partial charge is 0.251 e. The Bertz CT molecular complexity index is 397. The molecule has 17 heavy (non-hydrogen) atoms. The van der Waals surface area contributed by atoms with Gasteiger partial charge in [-0.05, 0) is 31.5 Å². The number of nitrogens with zero attached hydrogens (tertiary/aromatic N) is 1. The van der Waals surface area contributed by atoms with Gasteiger partial charge in [0.2, 0.25) is 0 Å². The fraction of sp³-hybridized carbons (Fsp3) is 0.357. The van der Waals surface area contributed by atoms with E-state index in [1.54, 1.807) is 0 Å². The van der Waals surface area contributed by atoms with Gasteiger partial charge >= 0.3 is 0 Å². The summed E-state index contributed by atoms with van der Waals surface area (Å²) in [5.41, 5.74) is 1.74. The number of hydrogen-bond acceptors (Lipinski definition) is 2. The average Bonchev–Trinajstić information content (AvgIpc) is 2.34. The second-order valence-electron chi connectivity index (χ2n) is 4.06. The van der Waals surface area contributed by atoms with Gasteiger partial charge in [-0.3, -0.25) is 4.79 Å². The van der Waals surface area contributed by atoms with E-state index < -0.39 is 0 Å². The van der Waals surface area contributed by atoms with Gasteiger partial charge in [0.05, 0.1) is 0 Å². The fourth-order valence-corrected chi connectivity index (χ4v) is 1.46. The molecular weight excluding hydrogens is 212 g/mol. The van der Waals surface area contributed by atoms with Crippen LogP contribution in [0.3, 0.4) is 0 Å². The predicted molar refractivity (Wildman–Crippen MR) is 72.5 cm³/mol.